The zero-order valence-corrected chi connectivity index (χ0v) is 22.5. The van der Waals surface area contributed by atoms with Crippen LogP contribution in [0.4, 0.5) is 5.69 Å². The summed E-state index contributed by atoms with van der Waals surface area (Å²) in [6.45, 7) is 16.5. The summed E-state index contributed by atoms with van der Waals surface area (Å²) in [6, 6.07) is 15.0. The Kier molecular flexibility index (Phi) is 6.68. The van der Waals surface area contributed by atoms with Gasteiger partial charge in [-0.1, -0.05) is 45.2 Å². The van der Waals surface area contributed by atoms with Gasteiger partial charge >= 0.3 is 0 Å². The van der Waals surface area contributed by atoms with Gasteiger partial charge in [0.15, 0.2) is 0 Å². The smallest absolute Gasteiger partial charge is 0.116 e. The SMILES string of the molecule is C=C/C=C(/c1ccc(C)s1)c1cc(-c2n[nH]c3ccc(-c4cncc(NC(=C)C(C)C)c4)cc23)[nH]c1C. The number of aryl methyl sites for hydroxylation is 2. The van der Waals surface area contributed by atoms with Gasteiger partial charge in [-0.25, -0.2) is 0 Å². The topological polar surface area (TPSA) is 69.4 Å². The second-order valence-corrected chi connectivity index (χ2v) is 10.8. The fourth-order valence-electron chi connectivity index (χ4n) is 4.36. The molecule has 0 fully saturated rings. The largest absolute Gasteiger partial charge is 0.358 e. The molecule has 0 aliphatic rings. The molecule has 5 nitrogen and oxygen atoms in total. The number of hydrogen-bond donors (Lipinski definition) is 3. The van der Waals surface area contributed by atoms with Gasteiger partial charge in [0.05, 0.1) is 23.1 Å². The maximum Gasteiger partial charge on any atom is 0.116 e. The molecule has 0 atom stereocenters. The van der Waals surface area contributed by atoms with Crippen LogP contribution in [0.5, 0.6) is 0 Å². The lowest BCUT2D eigenvalue weighted by molar-refractivity contribution is 0.778. The fraction of sp³-hybridized carbons (Fsp3) is 0.161. The first-order valence-electron chi connectivity index (χ1n) is 12.3. The minimum atomic E-state index is 0.341. The Bertz CT molecular complexity index is 1640. The van der Waals surface area contributed by atoms with Crippen LogP contribution in [0.1, 0.15) is 34.9 Å². The van der Waals surface area contributed by atoms with Gasteiger partial charge in [-0.2, -0.15) is 5.10 Å². The predicted molar refractivity (Wildman–Crippen MR) is 158 cm³/mol. The highest BCUT2D eigenvalue weighted by Crippen LogP contribution is 2.36. The van der Waals surface area contributed by atoms with E-state index in [9.17, 15) is 0 Å². The summed E-state index contributed by atoms with van der Waals surface area (Å²) in [5.74, 6) is 0.341. The van der Waals surface area contributed by atoms with Crippen LogP contribution in [0.3, 0.4) is 0 Å². The molecule has 0 spiro atoms. The Morgan fingerprint density at radius 1 is 1.05 bits per heavy atom. The summed E-state index contributed by atoms with van der Waals surface area (Å²) in [7, 11) is 0. The van der Waals surface area contributed by atoms with Gasteiger partial charge in [0.2, 0.25) is 0 Å². The van der Waals surface area contributed by atoms with Crippen LogP contribution in [0.25, 0.3) is 39.0 Å². The average Bonchev–Trinajstić information content (AvgIpc) is 3.60. The van der Waals surface area contributed by atoms with Crippen LogP contribution in [-0.2, 0) is 0 Å². The number of aromatic amines is 2. The highest BCUT2D eigenvalue weighted by molar-refractivity contribution is 7.13. The number of benzene rings is 1. The van der Waals surface area contributed by atoms with Crippen molar-refractivity contribution < 1.29 is 0 Å². The molecule has 0 aliphatic carbocycles. The van der Waals surface area contributed by atoms with E-state index >= 15 is 0 Å². The molecule has 186 valence electrons. The highest BCUT2D eigenvalue weighted by Gasteiger charge is 2.17. The second-order valence-electron chi connectivity index (χ2n) is 9.55. The van der Waals surface area contributed by atoms with Gasteiger partial charge in [-0.15, -0.1) is 11.3 Å². The maximum absolute atomic E-state index is 4.68. The van der Waals surface area contributed by atoms with E-state index in [1.54, 1.807) is 11.3 Å². The molecule has 0 amide bonds. The minimum Gasteiger partial charge on any atom is -0.358 e. The van der Waals surface area contributed by atoms with Crippen molar-refractivity contribution in [1.29, 1.82) is 0 Å². The van der Waals surface area contributed by atoms with Gasteiger partial charge in [0, 0.05) is 49.4 Å². The molecule has 0 unspecified atom stereocenters. The van der Waals surface area contributed by atoms with Crippen molar-refractivity contribution in [2.75, 3.05) is 5.32 Å². The van der Waals surface area contributed by atoms with E-state index in [4.69, 9.17) is 0 Å². The second kappa shape index (κ2) is 10.1. The van der Waals surface area contributed by atoms with E-state index in [1.165, 1.54) is 9.75 Å². The lowest BCUT2D eigenvalue weighted by Gasteiger charge is -2.13. The first-order chi connectivity index (χ1) is 17.8. The monoisotopic (exact) mass is 505 g/mol. The zero-order valence-electron chi connectivity index (χ0n) is 21.6. The van der Waals surface area contributed by atoms with E-state index in [2.05, 4.69) is 115 Å². The average molecular weight is 506 g/mol. The van der Waals surface area contributed by atoms with Gasteiger partial charge in [0.25, 0.3) is 0 Å². The van der Waals surface area contributed by atoms with E-state index in [0.29, 0.717) is 5.92 Å². The van der Waals surface area contributed by atoms with Crippen molar-refractivity contribution >= 4 is 33.5 Å². The fourth-order valence-corrected chi connectivity index (χ4v) is 5.27. The third-order valence-corrected chi connectivity index (χ3v) is 7.52. The molecule has 3 N–H and O–H groups in total. The number of hydrogen-bond acceptors (Lipinski definition) is 4. The highest BCUT2D eigenvalue weighted by atomic mass is 32.1. The summed E-state index contributed by atoms with van der Waals surface area (Å²) in [4.78, 5) is 10.5. The van der Waals surface area contributed by atoms with E-state index < -0.39 is 0 Å². The number of allylic oxidation sites excluding steroid dienone is 3. The molecular weight excluding hydrogens is 474 g/mol. The summed E-state index contributed by atoms with van der Waals surface area (Å²) in [5.41, 5.74) is 10.3. The third kappa shape index (κ3) is 4.93. The van der Waals surface area contributed by atoms with Crippen LogP contribution >= 0.6 is 11.3 Å². The molecule has 0 radical (unpaired) electrons. The molecule has 4 aromatic heterocycles. The van der Waals surface area contributed by atoms with Gasteiger partial charge in [-0.05, 0) is 61.7 Å². The summed E-state index contributed by atoms with van der Waals surface area (Å²) in [5, 5.41) is 12.3. The standard InChI is InChI=1S/C31H31N5S/c1-7-8-25(30-12-9-19(4)37-30)26-15-29(34-21(26)6)31-27-14-22(10-11-28(27)35-36-31)23-13-24(17-32-16-23)33-20(5)18(2)3/h7-18,33-34H,1,5H2,2-4,6H3,(H,35,36)/b25-8+. The quantitative estimate of drug-likeness (QED) is 0.185. The summed E-state index contributed by atoms with van der Waals surface area (Å²) >= 11 is 1.79. The molecule has 0 saturated carbocycles. The Hall–Kier alpha value is -4.16. The van der Waals surface area contributed by atoms with Crippen LogP contribution < -0.4 is 5.32 Å². The Morgan fingerprint density at radius 3 is 2.62 bits per heavy atom. The first-order valence-corrected chi connectivity index (χ1v) is 13.1. The number of pyridine rings is 1. The van der Waals surface area contributed by atoms with Crippen LogP contribution in [0.15, 0.2) is 85.9 Å². The number of nitrogens with one attached hydrogen (secondary N) is 3. The number of fused-ring (bicyclic) bond motifs is 1. The Balaban J connectivity index is 1.53. The van der Waals surface area contributed by atoms with Gasteiger partial charge in [-0.3, -0.25) is 10.1 Å². The van der Waals surface area contributed by atoms with E-state index in [1.807, 2.05) is 18.5 Å². The number of rotatable bonds is 8. The summed E-state index contributed by atoms with van der Waals surface area (Å²) in [6.07, 6.45) is 7.64. The predicted octanol–water partition coefficient (Wildman–Crippen LogP) is 8.50. The van der Waals surface area contributed by atoms with Crippen molar-refractivity contribution in [3.05, 3.63) is 107 Å². The molecule has 5 aromatic rings. The molecular formula is C31H31N5S. The normalized spacial score (nSPS) is 11.9. The molecule has 0 saturated heterocycles. The Labute approximate surface area is 221 Å². The van der Waals surface area contributed by atoms with Crippen LogP contribution in [0, 0.1) is 19.8 Å². The van der Waals surface area contributed by atoms with Crippen molar-refractivity contribution in [2.24, 2.45) is 5.92 Å². The van der Waals surface area contributed by atoms with Crippen LogP contribution in [-0.4, -0.2) is 20.2 Å². The van der Waals surface area contributed by atoms with E-state index in [0.717, 1.165) is 61.6 Å². The number of nitrogens with zero attached hydrogens (tertiary/aromatic N) is 2. The molecule has 5 rings (SSSR count). The van der Waals surface area contributed by atoms with Crippen molar-refractivity contribution in [3.8, 4) is 22.5 Å². The molecule has 0 bridgehead atoms. The minimum absolute atomic E-state index is 0.341. The van der Waals surface area contributed by atoms with Crippen molar-refractivity contribution in [2.45, 2.75) is 27.7 Å². The zero-order chi connectivity index (χ0) is 26.1. The van der Waals surface area contributed by atoms with Crippen LogP contribution in [0.2, 0.25) is 0 Å². The number of thiophene rings is 1. The number of H-pyrrole nitrogens is 2. The third-order valence-electron chi connectivity index (χ3n) is 6.49. The lowest BCUT2D eigenvalue weighted by Crippen LogP contribution is -2.04. The first kappa shape index (κ1) is 24.5. The maximum atomic E-state index is 4.68. The number of anilines is 1. The molecule has 4 heterocycles. The van der Waals surface area contributed by atoms with Gasteiger partial charge in [0.1, 0.15) is 5.69 Å². The van der Waals surface area contributed by atoms with Crippen molar-refractivity contribution in [1.82, 2.24) is 20.2 Å². The molecule has 1 aromatic carbocycles. The molecule has 0 aliphatic heterocycles. The Morgan fingerprint density at radius 2 is 1.89 bits per heavy atom. The number of aromatic nitrogens is 4. The van der Waals surface area contributed by atoms with Gasteiger partial charge < -0.3 is 10.3 Å². The molecule has 6 heteroatoms. The summed E-state index contributed by atoms with van der Waals surface area (Å²) < 4.78 is 0. The van der Waals surface area contributed by atoms with E-state index in [-0.39, 0.29) is 0 Å². The molecule has 37 heavy (non-hydrogen) atoms. The lowest BCUT2D eigenvalue weighted by atomic mass is 10.0. The van der Waals surface area contributed by atoms with Crippen molar-refractivity contribution in [3.63, 3.8) is 0 Å².